The number of anilines is 1. The van der Waals surface area contributed by atoms with Crippen LogP contribution >= 0.6 is 0 Å². The van der Waals surface area contributed by atoms with Crippen LogP contribution in [-0.2, 0) is 13.0 Å². The molecule has 7 heteroatoms. The SMILES string of the molecule is O=C(O)c1ccc(NC2CCc3cc4nc(CO)[nH]c(=O)c4cc32)cc1. The molecule has 1 aromatic heterocycles. The van der Waals surface area contributed by atoms with Crippen molar-refractivity contribution in [1.29, 1.82) is 0 Å². The number of nitrogens with one attached hydrogen (secondary N) is 2. The second-order valence-electron chi connectivity index (χ2n) is 6.36. The van der Waals surface area contributed by atoms with Crippen LogP contribution in [0, 0.1) is 0 Å². The van der Waals surface area contributed by atoms with Gasteiger partial charge in [-0.15, -0.1) is 0 Å². The Labute approximate surface area is 148 Å². The van der Waals surface area contributed by atoms with Gasteiger partial charge in [0.05, 0.1) is 22.5 Å². The first-order valence-corrected chi connectivity index (χ1v) is 8.31. The molecule has 0 saturated heterocycles. The number of H-pyrrole nitrogens is 1. The van der Waals surface area contributed by atoms with Crippen molar-refractivity contribution in [2.75, 3.05) is 5.32 Å². The van der Waals surface area contributed by atoms with Gasteiger partial charge in [-0.2, -0.15) is 0 Å². The third-order valence-electron chi connectivity index (χ3n) is 4.72. The minimum atomic E-state index is -0.955. The largest absolute Gasteiger partial charge is 0.478 e. The molecule has 2 aromatic carbocycles. The Hall–Kier alpha value is -3.19. The second-order valence-corrected chi connectivity index (χ2v) is 6.36. The van der Waals surface area contributed by atoms with E-state index in [9.17, 15) is 14.7 Å². The van der Waals surface area contributed by atoms with Gasteiger partial charge in [0.15, 0.2) is 0 Å². The van der Waals surface area contributed by atoms with Crippen molar-refractivity contribution in [3.8, 4) is 0 Å². The standard InChI is InChI=1S/C19H17N3O4/c23-9-17-21-16-7-11-3-6-15(13(11)8-14(16)18(24)22-17)20-12-4-1-10(2-5-12)19(25)26/h1-2,4-5,7-8,15,20,23H,3,6,9H2,(H,25,26)(H,21,22,24). The van der Waals surface area contributed by atoms with Crippen LogP contribution in [0.5, 0.6) is 0 Å². The summed E-state index contributed by atoms with van der Waals surface area (Å²) in [7, 11) is 0. The Bertz CT molecular complexity index is 1060. The first kappa shape index (κ1) is 16.3. The van der Waals surface area contributed by atoms with Gasteiger partial charge in [0.1, 0.15) is 12.4 Å². The molecule has 1 atom stereocenters. The molecule has 0 bridgehead atoms. The maximum Gasteiger partial charge on any atom is 0.335 e. The quantitative estimate of drug-likeness (QED) is 0.573. The number of aromatic amines is 1. The van der Waals surface area contributed by atoms with Gasteiger partial charge in [0.2, 0.25) is 0 Å². The Balaban J connectivity index is 1.67. The summed E-state index contributed by atoms with van der Waals surface area (Å²) >= 11 is 0. The normalized spacial score (nSPS) is 15.8. The highest BCUT2D eigenvalue weighted by molar-refractivity contribution is 5.88. The van der Waals surface area contributed by atoms with Crippen molar-refractivity contribution in [3.63, 3.8) is 0 Å². The van der Waals surface area contributed by atoms with Gasteiger partial charge in [-0.1, -0.05) is 0 Å². The average Bonchev–Trinajstić information content (AvgIpc) is 3.02. The summed E-state index contributed by atoms with van der Waals surface area (Å²) in [5, 5.41) is 22.1. The molecule has 0 amide bonds. The van der Waals surface area contributed by atoms with E-state index in [1.165, 1.54) is 0 Å². The molecule has 4 rings (SSSR count). The van der Waals surface area contributed by atoms with E-state index in [1.54, 1.807) is 24.3 Å². The number of hydrogen-bond donors (Lipinski definition) is 4. The van der Waals surface area contributed by atoms with E-state index in [1.807, 2.05) is 12.1 Å². The molecule has 4 N–H and O–H groups in total. The summed E-state index contributed by atoms with van der Waals surface area (Å²) in [5.41, 5.74) is 3.56. The fourth-order valence-electron chi connectivity index (χ4n) is 3.43. The zero-order chi connectivity index (χ0) is 18.3. The van der Waals surface area contributed by atoms with Gasteiger partial charge in [-0.25, -0.2) is 9.78 Å². The van der Waals surface area contributed by atoms with Gasteiger partial charge in [-0.05, 0) is 60.4 Å². The molecule has 26 heavy (non-hydrogen) atoms. The minimum absolute atomic E-state index is 0.0435. The van der Waals surface area contributed by atoms with E-state index in [0.717, 1.165) is 29.7 Å². The summed E-state index contributed by atoms with van der Waals surface area (Å²) in [5.74, 6) is -0.697. The van der Waals surface area contributed by atoms with E-state index in [-0.39, 0.29) is 29.6 Å². The van der Waals surface area contributed by atoms with E-state index < -0.39 is 5.97 Å². The van der Waals surface area contributed by atoms with Crippen LogP contribution in [0.4, 0.5) is 5.69 Å². The molecule has 3 aromatic rings. The molecule has 132 valence electrons. The summed E-state index contributed by atoms with van der Waals surface area (Å²) in [6, 6.07) is 10.4. The predicted molar refractivity (Wildman–Crippen MR) is 96.4 cm³/mol. The Morgan fingerprint density at radius 1 is 1.27 bits per heavy atom. The first-order valence-electron chi connectivity index (χ1n) is 8.31. The van der Waals surface area contributed by atoms with E-state index in [2.05, 4.69) is 15.3 Å². The van der Waals surface area contributed by atoms with Gasteiger partial charge < -0.3 is 20.5 Å². The molecule has 7 nitrogen and oxygen atoms in total. The monoisotopic (exact) mass is 351 g/mol. The number of hydrogen-bond acceptors (Lipinski definition) is 5. The Morgan fingerprint density at radius 2 is 2.04 bits per heavy atom. The number of aliphatic hydroxyl groups is 1. The fourth-order valence-corrected chi connectivity index (χ4v) is 3.43. The fraction of sp³-hybridized carbons (Fsp3) is 0.211. The van der Waals surface area contributed by atoms with Crippen LogP contribution in [-0.4, -0.2) is 26.2 Å². The number of benzene rings is 2. The van der Waals surface area contributed by atoms with Crippen LogP contribution in [0.3, 0.4) is 0 Å². The summed E-state index contributed by atoms with van der Waals surface area (Å²) in [6.07, 6.45) is 1.73. The lowest BCUT2D eigenvalue weighted by atomic mass is 10.0. The molecule has 0 aliphatic heterocycles. The first-order chi connectivity index (χ1) is 12.5. The molecular formula is C19H17N3O4. The van der Waals surface area contributed by atoms with Gasteiger partial charge >= 0.3 is 5.97 Å². The van der Waals surface area contributed by atoms with Crippen LogP contribution in [0.1, 0.15) is 39.8 Å². The summed E-state index contributed by atoms with van der Waals surface area (Å²) < 4.78 is 0. The van der Waals surface area contributed by atoms with E-state index in [4.69, 9.17) is 5.11 Å². The van der Waals surface area contributed by atoms with Gasteiger partial charge in [0.25, 0.3) is 5.56 Å². The van der Waals surface area contributed by atoms with Crippen molar-refractivity contribution in [2.45, 2.75) is 25.5 Å². The maximum atomic E-state index is 12.2. The van der Waals surface area contributed by atoms with Crippen molar-refractivity contribution in [3.05, 3.63) is 69.3 Å². The van der Waals surface area contributed by atoms with Crippen molar-refractivity contribution in [2.24, 2.45) is 0 Å². The van der Waals surface area contributed by atoms with Crippen molar-refractivity contribution >= 4 is 22.6 Å². The highest BCUT2D eigenvalue weighted by Gasteiger charge is 2.24. The lowest BCUT2D eigenvalue weighted by Crippen LogP contribution is -2.13. The highest BCUT2D eigenvalue weighted by atomic mass is 16.4. The molecule has 1 aliphatic carbocycles. The summed E-state index contributed by atoms with van der Waals surface area (Å²) in [4.78, 5) is 30.1. The number of fused-ring (bicyclic) bond motifs is 2. The second kappa shape index (κ2) is 6.27. The Kier molecular flexibility index (Phi) is 3.93. The number of aromatic carboxylic acids is 1. The number of aryl methyl sites for hydroxylation is 1. The number of aliphatic hydroxyl groups excluding tert-OH is 1. The van der Waals surface area contributed by atoms with E-state index in [0.29, 0.717) is 10.9 Å². The molecule has 1 heterocycles. The lowest BCUT2D eigenvalue weighted by molar-refractivity contribution is 0.0697. The minimum Gasteiger partial charge on any atom is -0.478 e. The number of nitrogens with zero attached hydrogens (tertiary/aromatic N) is 1. The molecule has 0 radical (unpaired) electrons. The Morgan fingerprint density at radius 3 is 2.73 bits per heavy atom. The lowest BCUT2D eigenvalue weighted by Gasteiger charge is -2.16. The van der Waals surface area contributed by atoms with Crippen LogP contribution in [0.25, 0.3) is 10.9 Å². The third-order valence-corrected chi connectivity index (χ3v) is 4.72. The number of carboxylic acids is 1. The van der Waals surface area contributed by atoms with Gasteiger partial charge in [-0.3, -0.25) is 4.79 Å². The van der Waals surface area contributed by atoms with E-state index >= 15 is 0 Å². The topological polar surface area (TPSA) is 115 Å². The molecular weight excluding hydrogens is 334 g/mol. The molecule has 1 aliphatic rings. The van der Waals surface area contributed by atoms with Crippen molar-refractivity contribution in [1.82, 2.24) is 9.97 Å². The molecule has 0 spiro atoms. The highest BCUT2D eigenvalue weighted by Crippen LogP contribution is 2.35. The smallest absolute Gasteiger partial charge is 0.335 e. The zero-order valence-electron chi connectivity index (χ0n) is 13.8. The number of carbonyl (C=O) groups is 1. The number of rotatable bonds is 4. The average molecular weight is 351 g/mol. The maximum absolute atomic E-state index is 12.2. The number of aromatic nitrogens is 2. The summed E-state index contributed by atoms with van der Waals surface area (Å²) in [6.45, 7) is -0.307. The van der Waals surface area contributed by atoms with Crippen LogP contribution in [0.15, 0.2) is 41.2 Å². The van der Waals surface area contributed by atoms with Crippen molar-refractivity contribution < 1.29 is 15.0 Å². The zero-order valence-corrected chi connectivity index (χ0v) is 13.8. The molecule has 0 fully saturated rings. The molecule has 1 unspecified atom stereocenters. The number of carboxylic acid groups (broad SMARTS) is 1. The van der Waals surface area contributed by atoms with Gasteiger partial charge in [0, 0.05) is 5.69 Å². The molecule has 0 saturated carbocycles. The third kappa shape index (κ3) is 2.82. The van der Waals surface area contributed by atoms with Crippen LogP contribution in [0.2, 0.25) is 0 Å². The predicted octanol–water partition coefficient (Wildman–Crippen LogP) is 2.21. The van der Waals surface area contributed by atoms with Crippen LogP contribution < -0.4 is 10.9 Å².